The van der Waals surface area contributed by atoms with Crippen molar-refractivity contribution in [3.63, 3.8) is 0 Å². The van der Waals surface area contributed by atoms with Crippen LogP contribution in [0.5, 0.6) is 0 Å². The second kappa shape index (κ2) is 7.18. The monoisotopic (exact) mass is 402 g/mol. The lowest BCUT2D eigenvalue weighted by atomic mass is 9.98. The van der Waals surface area contributed by atoms with Gasteiger partial charge in [-0.25, -0.2) is 9.40 Å². The zero-order valence-corrected chi connectivity index (χ0v) is 16.0. The summed E-state index contributed by atoms with van der Waals surface area (Å²) in [6.45, 7) is 0. The maximum Gasteiger partial charge on any atom is 0.284 e. The number of amides is 1. The molecule has 2 aromatic carbocycles. The average Bonchev–Trinajstić information content (AvgIpc) is 3.44. The molecule has 0 radical (unpaired) electrons. The third-order valence-corrected chi connectivity index (χ3v) is 5.76. The molecule has 0 saturated carbocycles. The molecule has 5 rings (SSSR count). The first-order chi connectivity index (χ1) is 14.2. The van der Waals surface area contributed by atoms with Crippen LogP contribution in [0.3, 0.4) is 0 Å². The Morgan fingerprint density at radius 2 is 1.83 bits per heavy atom. The second-order valence-electron chi connectivity index (χ2n) is 6.71. The lowest BCUT2D eigenvalue weighted by Gasteiger charge is -2.21. The fourth-order valence-corrected chi connectivity index (χ4v) is 4.13. The van der Waals surface area contributed by atoms with Crippen LogP contribution in [-0.2, 0) is 0 Å². The van der Waals surface area contributed by atoms with E-state index in [2.05, 4.69) is 15.1 Å². The molecule has 0 N–H and O–H groups in total. The number of fused-ring (bicyclic) bond motifs is 1. The first-order valence-corrected chi connectivity index (χ1v) is 9.98. The predicted molar refractivity (Wildman–Crippen MR) is 110 cm³/mol. The lowest BCUT2D eigenvalue weighted by Crippen LogP contribution is -2.26. The molecule has 0 fully saturated rings. The molecule has 7 heteroatoms. The van der Waals surface area contributed by atoms with Crippen molar-refractivity contribution in [1.82, 2.24) is 15.0 Å². The molecule has 5 nitrogen and oxygen atoms in total. The number of carbonyl (C=O) groups is 1. The number of halogens is 1. The molecule has 3 heterocycles. The molecule has 1 atom stereocenters. The van der Waals surface area contributed by atoms with Gasteiger partial charge in [-0.05, 0) is 46.8 Å². The van der Waals surface area contributed by atoms with Crippen LogP contribution in [0.25, 0.3) is 11.0 Å². The van der Waals surface area contributed by atoms with Gasteiger partial charge >= 0.3 is 0 Å². The number of nitrogens with zero attached hydrogens (tertiary/aromatic N) is 4. The first kappa shape index (κ1) is 17.6. The summed E-state index contributed by atoms with van der Waals surface area (Å²) < 4.78 is 13.3. The Labute approximate surface area is 170 Å². The fraction of sp³-hybridized carbons (Fsp3) is 0.0909. The number of thiophene rings is 1. The van der Waals surface area contributed by atoms with Crippen molar-refractivity contribution < 1.29 is 9.18 Å². The summed E-state index contributed by atoms with van der Waals surface area (Å²) in [5.41, 5.74) is 4.05. The fourth-order valence-electron chi connectivity index (χ4n) is 3.47. The molecule has 0 spiro atoms. The van der Waals surface area contributed by atoms with Crippen LogP contribution in [0.4, 0.5) is 4.39 Å². The molecular weight excluding hydrogens is 387 g/mol. The highest BCUT2D eigenvalue weighted by Gasteiger charge is 2.34. The van der Waals surface area contributed by atoms with Crippen LogP contribution < -0.4 is 0 Å². The molecule has 1 aliphatic heterocycles. The summed E-state index contributed by atoms with van der Waals surface area (Å²) in [4.78, 5) is 22.4. The Hall–Kier alpha value is -3.45. The molecule has 1 aliphatic rings. The van der Waals surface area contributed by atoms with Crippen molar-refractivity contribution in [1.29, 1.82) is 0 Å². The Kier molecular flexibility index (Phi) is 4.37. The van der Waals surface area contributed by atoms with Gasteiger partial charge in [-0.15, -0.1) is 11.3 Å². The highest BCUT2D eigenvalue weighted by Crippen LogP contribution is 2.35. The van der Waals surface area contributed by atoms with E-state index in [9.17, 15) is 9.18 Å². The van der Waals surface area contributed by atoms with E-state index in [0.717, 1.165) is 27.9 Å². The van der Waals surface area contributed by atoms with Crippen molar-refractivity contribution >= 4 is 34.0 Å². The van der Waals surface area contributed by atoms with Crippen LogP contribution in [0.15, 0.2) is 77.5 Å². The second-order valence-corrected chi connectivity index (χ2v) is 7.65. The van der Waals surface area contributed by atoms with Crippen molar-refractivity contribution in [2.24, 2.45) is 5.10 Å². The van der Waals surface area contributed by atoms with E-state index in [0.29, 0.717) is 11.3 Å². The third kappa shape index (κ3) is 3.30. The Morgan fingerprint density at radius 1 is 1.03 bits per heavy atom. The zero-order valence-electron chi connectivity index (χ0n) is 15.2. The minimum absolute atomic E-state index is 0.152. The minimum Gasteiger partial charge on any atom is -0.266 e. The molecule has 1 amide bonds. The van der Waals surface area contributed by atoms with E-state index >= 15 is 0 Å². The summed E-state index contributed by atoms with van der Waals surface area (Å²) >= 11 is 1.38. The van der Waals surface area contributed by atoms with E-state index in [-0.39, 0.29) is 17.8 Å². The molecule has 1 unspecified atom stereocenters. The quantitative estimate of drug-likeness (QED) is 0.494. The molecular formula is C22H15FN4OS. The average molecular weight is 402 g/mol. The third-order valence-electron chi connectivity index (χ3n) is 4.91. The van der Waals surface area contributed by atoms with E-state index in [1.807, 2.05) is 29.6 Å². The minimum atomic E-state index is -0.302. The van der Waals surface area contributed by atoms with Gasteiger partial charge in [-0.2, -0.15) is 5.10 Å². The Balaban J connectivity index is 1.56. The molecule has 29 heavy (non-hydrogen) atoms. The number of hydrogen-bond donors (Lipinski definition) is 0. The van der Waals surface area contributed by atoms with Crippen LogP contribution >= 0.6 is 11.3 Å². The van der Waals surface area contributed by atoms with Gasteiger partial charge in [0.25, 0.3) is 5.91 Å². The number of hydrazone groups is 1. The standard InChI is InChI=1S/C22H15FN4OS/c23-16-6-3-14(4-7-16)18-13-20(27(26-18)22(28)21-2-1-11-29-21)15-5-8-17-19(12-15)25-10-9-24-17/h1-12,20H,13H2. The number of carbonyl (C=O) groups excluding carboxylic acids is 1. The topological polar surface area (TPSA) is 58.5 Å². The highest BCUT2D eigenvalue weighted by atomic mass is 32.1. The van der Waals surface area contributed by atoms with E-state index < -0.39 is 0 Å². The largest absolute Gasteiger partial charge is 0.284 e. The lowest BCUT2D eigenvalue weighted by molar-refractivity contribution is 0.0716. The van der Waals surface area contributed by atoms with Gasteiger partial charge in [0.05, 0.1) is 27.7 Å². The molecule has 0 saturated heterocycles. The molecule has 2 aromatic heterocycles. The Bertz CT molecular complexity index is 1220. The number of benzene rings is 2. The number of aromatic nitrogens is 2. The summed E-state index contributed by atoms with van der Waals surface area (Å²) in [6.07, 6.45) is 3.84. The van der Waals surface area contributed by atoms with Crippen LogP contribution in [0, 0.1) is 5.82 Å². The van der Waals surface area contributed by atoms with E-state index in [4.69, 9.17) is 0 Å². The van der Waals surface area contributed by atoms with Gasteiger partial charge in [0.1, 0.15) is 5.82 Å². The molecule has 0 bridgehead atoms. The van der Waals surface area contributed by atoms with Gasteiger partial charge in [-0.1, -0.05) is 24.3 Å². The van der Waals surface area contributed by atoms with Crippen molar-refractivity contribution in [2.75, 3.05) is 0 Å². The van der Waals surface area contributed by atoms with Gasteiger partial charge in [0, 0.05) is 18.8 Å². The molecule has 142 valence electrons. The van der Waals surface area contributed by atoms with Crippen molar-refractivity contribution in [3.8, 4) is 0 Å². The summed E-state index contributed by atoms with van der Waals surface area (Å²) in [7, 11) is 0. The molecule has 0 aliphatic carbocycles. The normalized spacial score (nSPS) is 16.2. The van der Waals surface area contributed by atoms with Crippen molar-refractivity contribution in [3.05, 3.63) is 94.2 Å². The van der Waals surface area contributed by atoms with E-state index in [1.54, 1.807) is 30.6 Å². The van der Waals surface area contributed by atoms with Gasteiger partial charge < -0.3 is 0 Å². The first-order valence-electron chi connectivity index (χ1n) is 9.10. The van der Waals surface area contributed by atoms with Crippen LogP contribution in [0.2, 0.25) is 0 Å². The summed E-state index contributed by atoms with van der Waals surface area (Å²) in [5, 5.41) is 8.03. The Morgan fingerprint density at radius 3 is 2.59 bits per heavy atom. The van der Waals surface area contributed by atoms with Crippen LogP contribution in [-0.4, -0.2) is 26.6 Å². The summed E-state index contributed by atoms with van der Waals surface area (Å²) in [6, 6.07) is 15.4. The van der Waals surface area contributed by atoms with Crippen molar-refractivity contribution in [2.45, 2.75) is 12.5 Å². The SMILES string of the molecule is O=C(c1cccs1)N1N=C(c2ccc(F)cc2)CC1c1ccc2nccnc2c1. The van der Waals surface area contributed by atoms with Gasteiger partial charge in [-0.3, -0.25) is 14.8 Å². The smallest absolute Gasteiger partial charge is 0.266 e. The maximum atomic E-state index is 13.3. The maximum absolute atomic E-state index is 13.3. The molecule has 4 aromatic rings. The number of hydrogen-bond acceptors (Lipinski definition) is 5. The number of rotatable bonds is 3. The van der Waals surface area contributed by atoms with Gasteiger partial charge in [0.2, 0.25) is 0 Å². The van der Waals surface area contributed by atoms with Gasteiger partial charge in [0.15, 0.2) is 0 Å². The van der Waals surface area contributed by atoms with E-state index in [1.165, 1.54) is 28.5 Å². The highest BCUT2D eigenvalue weighted by molar-refractivity contribution is 7.12. The predicted octanol–water partition coefficient (Wildman–Crippen LogP) is 4.82. The summed E-state index contributed by atoms with van der Waals surface area (Å²) in [5.74, 6) is -0.454. The van der Waals surface area contributed by atoms with Crippen LogP contribution in [0.1, 0.15) is 33.3 Å². The zero-order chi connectivity index (χ0) is 19.8.